The molecule has 0 saturated carbocycles. The second-order valence-electron chi connectivity index (χ2n) is 6.62. The summed E-state index contributed by atoms with van der Waals surface area (Å²) in [5, 5.41) is 6.42. The summed E-state index contributed by atoms with van der Waals surface area (Å²) in [4.78, 5) is 12.2. The summed E-state index contributed by atoms with van der Waals surface area (Å²) in [5.74, 6) is -0.248. The van der Waals surface area contributed by atoms with E-state index < -0.39 is 11.9 Å². The molecule has 8 heteroatoms. The van der Waals surface area contributed by atoms with Crippen LogP contribution in [-0.2, 0) is 17.5 Å². The highest BCUT2D eigenvalue weighted by Gasteiger charge is 2.34. The highest BCUT2D eigenvalue weighted by atomic mass is 19.4. The average molecular weight is 390 g/mol. The van der Waals surface area contributed by atoms with Crippen LogP contribution in [0.1, 0.15) is 36.3 Å². The Morgan fingerprint density at radius 1 is 1.18 bits per heavy atom. The molecule has 0 fully saturated rings. The summed E-state index contributed by atoms with van der Waals surface area (Å²) < 4.78 is 41.3. The van der Waals surface area contributed by atoms with Gasteiger partial charge in [-0.25, -0.2) is 0 Å². The first kappa shape index (κ1) is 19.7. The van der Waals surface area contributed by atoms with Gasteiger partial charge in [-0.2, -0.15) is 18.3 Å². The van der Waals surface area contributed by atoms with E-state index in [2.05, 4.69) is 10.4 Å². The maximum absolute atomic E-state index is 12.7. The minimum Gasteiger partial charge on any atom is -0.350 e. The summed E-state index contributed by atoms with van der Waals surface area (Å²) in [6, 6.07) is 12.4. The Labute approximate surface area is 160 Å². The molecule has 0 radical (unpaired) electrons. The maximum Gasteiger partial charge on any atom is 0.435 e. The molecule has 1 atom stereocenters. The standard InChI is InChI=1S/C20H21F3N4O/c1-14-12-18(20(21,22)23)25-27(14)11-8-19(28)24-15(2)16-6-5-7-17(13-16)26-9-3-4-10-26/h3-7,9-10,12-13,15H,8,11H2,1-2H3,(H,24,28). The first-order valence-electron chi connectivity index (χ1n) is 8.88. The molecule has 1 unspecified atom stereocenters. The van der Waals surface area contributed by atoms with E-state index in [4.69, 9.17) is 0 Å². The lowest BCUT2D eigenvalue weighted by molar-refractivity contribution is -0.141. The number of alkyl halides is 3. The molecule has 1 aromatic carbocycles. The molecule has 148 valence electrons. The minimum absolute atomic E-state index is 0.0431. The van der Waals surface area contributed by atoms with Crippen molar-refractivity contribution in [1.82, 2.24) is 19.7 Å². The van der Waals surface area contributed by atoms with E-state index in [1.54, 1.807) is 0 Å². The molecule has 5 nitrogen and oxygen atoms in total. The monoisotopic (exact) mass is 390 g/mol. The normalized spacial score (nSPS) is 12.8. The molecule has 0 bridgehead atoms. The van der Waals surface area contributed by atoms with E-state index in [1.165, 1.54) is 11.6 Å². The lowest BCUT2D eigenvalue weighted by atomic mass is 10.1. The van der Waals surface area contributed by atoms with E-state index >= 15 is 0 Å². The quantitative estimate of drug-likeness (QED) is 0.683. The predicted octanol–water partition coefficient (Wildman–Crippen LogP) is 4.27. The number of carbonyl (C=O) groups excluding carboxylic acids is 1. The number of amides is 1. The first-order chi connectivity index (χ1) is 13.2. The first-order valence-corrected chi connectivity index (χ1v) is 8.88. The van der Waals surface area contributed by atoms with Gasteiger partial charge in [0.05, 0.1) is 6.04 Å². The van der Waals surface area contributed by atoms with Gasteiger partial charge in [0, 0.05) is 36.7 Å². The number of nitrogens with zero attached hydrogens (tertiary/aromatic N) is 3. The average Bonchev–Trinajstić information content (AvgIpc) is 3.29. The Morgan fingerprint density at radius 2 is 1.89 bits per heavy atom. The van der Waals surface area contributed by atoms with Gasteiger partial charge < -0.3 is 9.88 Å². The van der Waals surface area contributed by atoms with Crippen LogP contribution in [-0.4, -0.2) is 20.3 Å². The molecule has 28 heavy (non-hydrogen) atoms. The molecule has 3 rings (SSSR count). The van der Waals surface area contributed by atoms with Crippen molar-refractivity contribution in [3.8, 4) is 5.69 Å². The van der Waals surface area contributed by atoms with Crippen molar-refractivity contribution in [2.24, 2.45) is 0 Å². The van der Waals surface area contributed by atoms with Crippen molar-refractivity contribution in [2.75, 3.05) is 0 Å². The second-order valence-corrected chi connectivity index (χ2v) is 6.62. The van der Waals surface area contributed by atoms with Crippen LogP contribution in [0.3, 0.4) is 0 Å². The van der Waals surface area contributed by atoms with Gasteiger partial charge in [-0.15, -0.1) is 0 Å². The molecule has 0 saturated heterocycles. The molecular formula is C20H21F3N4O. The molecule has 0 aliphatic heterocycles. The van der Waals surface area contributed by atoms with Crippen molar-refractivity contribution in [3.05, 3.63) is 71.8 Å². The molecular weight excluding hydrogens is 369 g/mol. The molecule has 2 heterocycles. The number of aryl methyl sites for hydroxylation is 2. The number of nitrogens with one attached hydrogen (secondary N) is 1. The van der Waals surface area contributed by atoms with Crippen LogP contribution >= 0.6 is 0 Å². The Bertz CT molecular complexity index is 945. The van der Waals surface area contributed by atoms with Gasteiger partial charge in [-0.3, -0.25) is 9.48 Å². The van der Waals surface area contributed by atoms with Gasteiger partial charge >= 0.3 is 6.18 Å². The molecule has 0 aliphatic rings. The van der Waals surface area contributed by atoms with E-state index in [9.17, 15) is 18.0 Å². The summed E-state index contributed by atoms with van der Waals surface area (Å²) in [6.45, 7) is 3.49. The van der Waals surface area contributed by atoms with Crippen LogP contribution in [0.15, 0.2) is 54.9 Å². The van der Waals surface area contributed by atoms with Gasteiger partial charge in [0.1, 0.15) is 0 Å². The second kappa shape index (κ2) is 7.92. The molecule has 0 spiro atoms. The number of aromatic nitrogens is 3. The highest BCUT2D eigenvalue weighted by Crippen LogP contribution is 2.28. The van der Waals surface area contributed by atoms with Gasteiger partial charge in [-0.1, -0.05) is 12.1 Å². The topological polar surface area (TPSA) is 51.9 Å². The van der Waals surface area contributed by atoms with Crippen LogP contribution in [0, 0.1) is 6.92 Å². The largest absolute Gasteiger partial charge is 0.435 e. The van der Waals surface area contributed by atoms with E-state index in [0.29, 0.717) is 5.69 Å². The third kappa shape index (κ3) is 4.62. The van der Waals surface area contributed by atoms with Gasteiger partial charge in [0.25, 0.3) is 0 Å². The van der Waals surface area contributed by atoms with Gasteiger partial charge in [0.15, 0.2) is 5.69 Å². The van der Waals surface area contributed by atoms with Gasteiger partial charge in [-0.05, 0) is 49.7 Å². The number of hydrogen-bond acceptors (Lipinski definition) is 2. The molecule has 2 aromatic heterocycles. The van der Waals surface area contributed by atoms with Crippen molar-refractivity contribution in [1.29, 1.82) is 0 Å². The SMILES string of the molecule is Cc1cc(C(F)(F)F)nn1CCC(=O)NC(C)c1cccc(-n2cccc2)c1. The molecule has 0 aliphatic carbocycles. The van der Waals surface area contributed by atoms with Crippen molar-refractivity contribution >= 4 is 5.91 Å². The van der Waals surface area contributed by atoms with Crippen LogP contribution in [0.5, 0.6) is 0 Å². The Kier molecular flexibility index (Phi) is 5.58. The fourth-order valence-corrected chi connectivity index (χ4v) is 2.94. The fourth-order valence-electron chi connectivity index (χ4n) is 2.94. The summed E-state index contributed by atoms with van der Waals surface area (Å²) >= 11 is 0. The lowest BCUT2D eigenvalue weighted by Crippen LogP contribution is -2.27. The minimum atomic E-state index is -4.49. The van der Waals surface area contributed by atoms with Crippen LogP contribution in [0.2, 0.25) is 0 Å². The van der Waals surface area contributed by atoms with E-state index in [-0.39, 0.29) is 24.9 Å². The molecule has 3 aromatic rings. The van der Waals surface area contributed by atoms with Gasteiger partial charge in [0.2, 0.25) is 5.91 Å². The van der Waals surface area contributed by atoms with Crippen LogP contribution in [0.4, 0.5) is 13.2 Å². The predicted molar refractivity (Wildman–Crippen MR) is 98.9 cm³/mol. The Hall–Kier alpha value is -3.03. The number of halogens is 3. The third-order valence-corrected chi connectivity index (χ3v) is 4.47. The van der Waals surface area contributed by atoms with Crippen molar-refractivity contribution in [3.63, 3.8) is 0 Å². The lowest BCUT2D eigenvalue weighted by Gasteiger charge is -2.16. The highest BCUT2D eigenvalue weighted by molar-refractivity contribution is 5.76. The maximum atomic E-state index is 12.7. The number of carbonyl (C=O) groups is 1. The zero-order valence-electron chi connectivity index (χ0n) is 15.6. The summed E-state index contributed by atoms with van der Waals surface area (Å²) in [7, 11) is 0. The Morgan fingerprint density at radius 3 is 2.54 bits per heavy atom. The fraction of sp³-hybridized carbons (Fsp3) is 0.300. The number of benzene rings is 1. The smallest absolute Gasteiger partial charge is 0.350 e. The summed E-state index contributed by atoms with van der Waals surface area (Å²) in [5.41, 5.74) is 1.35. The summed E-state index contributed by atoms with van der Waals surface area (Å²) in [6.07, 6.45) is -0.576. The van der Waals surface area contributed by atoms with Crippen molar-refractivity contribution in [2.45, 2.75) is 39.0 Å². The van der Waals surface area contributed by atoms with Crippen LogP contribution < -0.4 is 5.32 Å². The van der Waals surface area contributed by atoms with E-state index in [1.807, 2.05) is 60.3 Å². The number of rotatable bonds is 6. The Balaban J connectivity index is 1.59. The zero-order valence-corrected chi connectivity index (χ0v) is 15.6. The van der Waals surface area contributed by atoms with Crippen LogP contribution in [0.25, 0.3) is 5.69 Å². The zero-order chi connectivity index (χ0) is 20.3. The molecule has 1 amide bonds. The molecule has 1 N–H and O–H groups in total. The third-order valence-electron chi connectivity index (χ3n) is 4.47. The van der Waals surface area contributed by atoms with Crippen molar-refractivity contribution < 1.29 is 18.0 Å². The number of hydrogen-bond donors (Lipinski definition) is 1. The van der Waals surface area contributed by atoms with E-state index in [0.717, 1.165) is 17.3 Å².